The highest BCUT2D eigenvalue weighted by Gasteiger charge is 2.44. The number of hydrogen-bond acceptors (Lipinski definition) is 2. The molecule has 2 aromatic carbocycles. The van der Waals surface area contributed by atoms with Crippen molar-refractivity contribution in [3.05, 3.63) is 71.0 Å². The molecule has 0 aromatic heterocycles. The van der Waals surface area contributed by atoms with E-state index in [1.54, 1.807) is 5.01 Å². The molecular formula is C24H29FN4O+2. The summed E-state index contributed by atoms with van der Waals surface area (Å²) >= 11 is 0. The van der Waals surface area contributed by atoms with Gasteiger partial charge in [0.25, 0.3) is 5.91 Å². The van der Waals surface area contributed by atoms with Crippen LogP contribution in [0.15, 0.2) is 53.6 Å². The Morgan fingerprint density at radius 1 is 1.10 bits per heavy atom. The highest BCUT2D eigenvalue weighted by atomic mass is 19.1. The number of carbonyl (C=O) groups excluding carboxylic acids is 1. The molecule has 0 unspecified atom stereocenters. The van der Waals surface area contributed by atoms with Crippen molar-refractivity contribution >= 4 is 11.6 Å². The maximum absolute atomic E-state index is 13.6. The number of likely N-dealkylation sites (N-methyl/N-ethyl adjacent to an activating group) is 1. The first-order chi connectivity index (χ1) is 14.6. The Labute approximate surface area is 176 Å². The zero-order chi connectivity index (χ0) is 20.7. The molecule has 1 amide bonds. The highest BCUT2D eigenvalue weighted by Crippen LogP contribution is 2.43. The summed E-state index contributed by atoms with van der Waals surface area (Å²) in [5, 5.41) is 6.62. The minimum atomic E-state index is -0.255. The first kappa shape index (κ1) is 19.4. The maximum Gasteiger partial charge on any atom is 0.298 e. The van der Waals surface area contributed by atoms with Crippen LogP contribution in [0.3, 0.4) is 0 Å². The lowest BCUT2D eigenvalue weighted by atomic mass is 9.77. The van der Waals surface area contributed by atoms with E-state index in [0.717, 1.165) is 55.9 Å². The van der Waals surface area contributed by atoms with Crippen LogP contribution in [0.1, 0.15) is 29.2 Å². The standard InChI is InChI=1S/C24H27FN4O/c1-27-12-14-28(15-13-27)16-22(30)29-24(18-6-9-19(25)10-7-18)21-11-8-17-4-2-3-5-20(17)23(21)26-29/h2-7,9-10,21,24H,8,11-16H2,1H3/p+2/t21-,24-/m0/s1. The van der Waals surface area contributed by atoms with Gasteiger partial charge < -0.3 is 9.80 Å². The fourth-order valence-corrected chi connectivity index (χ4v) is 5.17. The zero-order valence-corrected chi connectivity index (χ0v) is 17.4. The molecule has 156 valence electrons. The van der Waals surface area contributed by atoms with E-state index in [9.17, 15) is 9.18 Å². The number of nitrogens with zero attached hydrogens (tertiary/aromatic N) is 2. The average Bonchev–Trinajstić information content (AvgIpc) is 3.16. The number of fused-ring (bicyclic) bond motifs is 3. The summed E-state index contributed by atoms with van der Waals surface area (Å²) in [6.07, 6.45) is 1.93. The predicted octanol–water partition coefficient (Wildman–Crippen LogP) is 0.0889. The summed E-state index contributed by atoms with van der Waals surface area (Å²) in [5.74, 6) is -0.0337. The summed E-state index contributed by atoms with van der Waals surface area (Å²) in [7, 11) is 2.21. The first-order valence-corrected chi connectivity index (χ1v) is 11.0. The zero-order valence-electron chi connectivity index (χ0n) is 17.4. The number of hydrogen-bond donors (Lipinski definition) is 2. The van der Waals surface area contributed by atoms with Gasteiger partial charge >= 0.3 is 0 Å². The molecule has 1 fully saturated rings. The molecule has 0 bridgehead atoms. The predicted molar refractivity (Wildman–Crippen MR) is 113 cm³/mol. The summed E-state index contributed by atoms with van der Waals surface area (Å²) in [6.45, 7) is 4.67. The SMILES string of the molecule is C[NH+]1CC[NH+](CC(=O)N2N=C3c4ccccc4CC[C@@H]3[C@@H]2c2ccc(F)cc2)CC1. The summed E-state index contributed by atoms with van der Waals surface area (Å²) < 4.78 is 13.6. The molecule has 1 aliphatic carbocycles. The number of benzene rings is 2. The maximum atomic E-state index is 13.6. The average molecular weight is 409 g/mol. The number of aryl methyl sites for hydroxylation is 1. The number of nitrogens with one attached hydrogen (secondary N) is 2. The van der Waals surface area contributed by atoms with E-state index in [1.807, 2.05) is 18.2 Å². The number of halogens is 1. The molecule has 0 spiro atoms. The lowest BCUT2D eigenvalue weighted by Crippen LogP contribution is -3.27. The smallest absolute Gasteiger partial charge is 0.298 e. The second-order valence-electron chi connectivity index (χ2n) is 8.91. The molecule has 2 atom stereocenters. The Balaban J connectivity index is 1.47. The van der Waals surface area contributed by atoms with Crippen molar-refractivity contribution in [1.82, 2.24) is 5.01 Å². The Morgan fingerprint density at radius 2 is 1.83 bits per heavy atom. The lowest BCUT2D eigenvalue weighted by molar-refractivity contribution is -1.000. The van der Waals surface area contributed by atoms with Gasteiger partial charge in [-0.2, -0.15) is 5.10 Å². The van der Waals surface area contributed by atoms with Crippen LogP contribution in [0.2, 0.25) is 0 Å². The molecule has 6 heteroatoms. The topological polar surface area (TPSA) is 41.6 Å². The number of hydrazone groups is 1. The molecule has 2 aliphatic heterocycles. The molecule has 5 rings (SSSR count). The van der Waals surface area contributed by atoms with E-state index < -0.39 is 0 Å². The third-order valence-corrected chi connectivity index (χ3v) is 6.91. The van der Waals surface area contributed by atoms with Gasteiger partial charge in [0.15, 0.2) is 6.54 Å². The highest BCUT2D eigenvalue weighted by molar-refractivity contribution is 6.06. The van der Waals surface area contributed by atoms with Crippen molar-refractivity contribution in [2.24, 2.45) is 11.0 Å². The van der Waals surface area contributed by atoms with Gasteiger partial charge in [-0.15, -0.1) is 0 Å². The second kappa shape index (κ2) is 7.93. The lowest BCUT2D eigenvalue weighted by Gasteiger charge is -2.31. The molecule has 5 nitrogen and oxygen atoms in total. The van der Waals surface area contributed by atoms with Crippen LogP contribution >= 0.6 is 0 Å². The number of carbonyl (C=O) groups is 1. The van der Waals surface area contributed by atoms with Crippen molar-refractivity contribution in [1.29, 1.82) is 0 Å². The fourth-order valence-electron chi connectivity index (χ4n) is 5.17. The summed E-state index contributed by atoms with van der Waals surface area (Å²) in [4.78, 5) is 16.3. The van der Waals surface area contributed by atoms with Gasteiger partial charge in [0.1, 0.15) is 32.0 Å². The molecule has 2 aromatic rings. The van der Waals surface area contributed by atoms with Crippen molar-refractivity contribution in [3.63, 3.8) is 0 Å². The van der Waals surface area contributed by atoms with Crippen LogP contribution in [0, 0.1) is 11.7 Å². The second-order valence-corrected chi connectivity index (χ2v) is 8.91. The minimum Gasteiger partial charge on any atom is -0.328 e. The van der Waals surface area contributed by atoms with Crippen molar-refractivity contribution < 1.29 is 19.0 Å². The Bertz CT molecular complexity index is 965. The third kappa shape index (κ3) is 3.55. The van der Waals surface area contributed by atoms with Crippen LogP contribution in [-0.2, 0) is 11.2 Å². The quantitative estimate of drug-likeness (QED) is 0.743. The largest absolute Gasteiger partial charge is 0.328 e. The summed E-state index contributed by atoms with van der Waals surface area (Å²) in [5.41, 5.74) is 4.43. The Hall–Kier alpha value is -2.57. The van der Waals surface area contributed by atoms with E-state index in [4.69, 9.17) is 5.10 Å². The molecule has 2 N–H and O–H groups in total. The van der Waals surface area contributed by atoms with E-state index in [-0.39, 0.29) is 23.7 Å². The molecule has 0 radical (unpaired) electrons. The fraction of sp³-hybridized carbons (Fsp3) is 0.417. The van der Waals surface area contributed by atoms with E-state index in [1.165, 1.54) is 27.5 Å². The van der Waals surface area contributed by atoms with Gasteiger partial charge in [-0.25, -0.2) is 9.40 Å². The number of amides is 1. The molecular weight excluding hydrogens is 379 g/mol. The first-order valence-electron chi connectivity index (χ1n) is 11.0. The van der Waals surface area contributed by atoms with Gasteiger partial charge in [-0.3, -0.25) is 4.79 Å². The van der Waals surface area contributed by atoms with E-state index in [2.05, 4.69) is 25.2 Å². The number of quaternary nitrogens is 2. The van der Waals surface area contributed by atoms with Gasteiger partial charge in [0.2, 0.25) is 0 Å². The Morgan fingerprint density at radius 3 is 2.60 bits per heavy atom. The Kier molecular flexibility index (Phi) is 5.13. The molecule has 1 saturated heterocycles. The van der Waals surface area contributed by atoms with Crippen LogP contribution in [0.4, 0.5) is 4.39 Å². The van der Waals surface area contributed by atoms with Gasteiger partial charge in [0.05, 0.1) is 18.8 Å². The van der Waals surface area contributed by atoms with E-state index in [0.29, 0.717) is 6.54 Å². The molecule has 30 heavy (non-hydrogen) atoms. The van der Waals surface area contributed by atoms with Crippen LogP contribution in [0.5, 0.6) is 0 Å². The van der Waals surface area contributed by atoms with Gasteiger partial charge in [-0.1, -0.05) is 36.4 Å². The molecule has 2 heterocycles. The van der Waals surface area contributed by atoms with Crippen molar-refractivity contribution in [2.75, 3.05) is 39.8 Å². The monoisotopic (exact) mass is 408 g/mol. The molecule has 3 aliphatic rings. The van der Waals surface area contributed by atoms with Gasteiger partial charge in [0, 0.05) is 11.5 Å². The molecule has 0 saturated carbocycles. The third-order valence-electron chi connectivity index (χ3n) is 6.91. The van der Waals surface area contributed by atoms with Crippen molar-refractivity contribution in [2.45, 2.75) is 18.9 Å². The van der Waals surface area contributed by atoms with E-state index >= 15 is 0 Å². The minimum absolute atomic E-state index is 0.0678. The van der Waals surface area contributed by atoms with Crippen LogP contribution in [0.25, 0.3) is 0 Å². The van der Waals surface area contributed by atoms with Crippen molar-refractivity contribution in [3.8, 4) is 0 Å². The summed E-state index contributed by atoms with van der Waals surface area (Å²) in [6, 6.07) is 14.8. The van der Waals surface area contributed by atoms with Gasteiger partial charge in [-0.05, 0) is 36.1 Å². The number of piperazine rings is 1. The van der Waals surface area contributed by atoms with Crippen LogP contribution < -0.4 is 9.80 Å². The normalized spacial score (nSPS) is 27.9. The van der Waals surface area contributed by atoms with Crippen LogP contribution in [-0.4, -0.2) is 56.4 Å². The number of rotatable bonds is 3.